The lowest BCUT2D eigenvalue weighted by Crippen LogP contribution is -2.14. The van der Waals surface area contributed by atoms with Gasteiger partial charge in [-0.1, -0.05) is 0 Å². The minimum atomic E-state index is -4.62. The highest BCUT2D eigenvalue weighted by atomic mass is 32.2. The largest absolute Gasteiger partial charge is 0.416 e. The zero-order valence-electron chi connectivity index (χ0n) is 17.2. The van der Waals surface area contributed by atoms with Gasteiger partial charge in [-0.25, -0.2) is 16.8 Å². The van der Waals surface area contributed by atoms with Crippen LogP contribution in [-0.2, 0) is 22.7 Å². The minimum absolute atomic E-state index is 0.0993. The standard InChI is InChI=1S/C19H16F4N2O2S/c1-24-11-13-10-18(14-2-6-16(20)7-3-14)25(12-13)28(26,27)17-8-4-15(5-9-17)19(21,22)23/h2-10,12,24H,11H2,1H3/i1D3. The maximum atomic E-state index is 13.3. The van der Waals surface area contributed by atoms with E-state index in [1.54, 1.807) is 0 Å². The average molecular weight is 415 g/mol. The van der Waals surface area contributed by atoms with E-state index in [0.717, 1.165) is 28.2 Å². The summed E-state index contributed by atoms with van der Waals surface area (Å²) in [6.45, 7) is -2.66. The second-order valence-corrected chi connectivity index (χ2v) is 7.73. The predicted octanol–water partition coefficient (Wildman–Crippen LogP) is 4.27. The summed E-state index contributed by atoms with van der Waals surface area (Å²) in [7, 11) is -4.34. The molecule has 28 heavy (non-hydrogen) atoms. The molecule has 0 saturated carbocycles. The molecule has 148 valence electrons. The fourth-order valence-corrected chi connectivity index (χ4v) is 4.05. The summed E-state index contributed by atoms with van der Waals surface area (Å²) < 4.78 is 101. The van der Waals surface area contributed by atoms with Crippen molar-refractivity contribution in [1.29, 1.82) is 0 Å². The molecule has 0 spiro atoms. The first-order chi connectivity index (χ1) is 14.3. The predicted molar refractivity (Wildman–Crippen MR) is 96.6 cm³/mol. The zero-order valence-corrected chi connectivity index (χ0v) is 15.0. The Bertz CT molecular complexity index is 1170. The highest BCUT2D eigenvalue weighted by Crippen LogP contribution is 2.31. The summed E-state index contributed by atoms with van der Waals surface area (Å²) in [5.74, 6) is -0.545. The normalized spacial score (nSPS) is 14.4. The van der Waals surface area contributed by atoms with Crippen molar-refractivity contribution < 1.29 is 30.1 Å². The van der Waals surface area contributed by atoms with E-state index in [1.807, 2.05) is 0 Å². The maximum Gasteiger partial charge on any atom is 0.416 e. The van der Waals surface area contributed by atoms with Crippen LogP contribution in [0.1, 0.15) is 15.2 Å². The SMILES string of the molecule is [2H]C([2H])([2H])NCc1cc(-c2ccc(F)cc2)n(S(=O)(=O)c2ccc(C(F)(F)F)cc2)c1. The molecule has 1 aromatic heterocycles. The fourth-order valence-electron chi connectivity index (χ4n) is 2.65. The van der Waals surface area contributed by atoms with Crippen LogP contribution in [0.5, 0.6) is 0 Å². The lowest BCUT2D eigenvalue weighted by atomic mass is 10.1. The summed E-state index contributed by atoms with van der Waals surface area (Å²) in [5.41, 5.74) is -0.287. The molecule has 3 aromatic rings. The monoisotopic (exact) mass is 415 g/mol. The van der Waals surface area contributed by atoms with Crippen molar-refractivity contribution in [3.05, 3.63) is 77.7 Å². The maximum absolute atomic E-state index is 13.3. The van der Waals surface area contributed by atoms with Crippen LogP contribution in [0.2, 0.25) is 0 Å². The van der Waals surface area contributed by atoms with E-state index in [2.05, 4.69) is 5.32 Å². The van der Waals surface area contributed by atoms with Crippen molar-refractivity contribution >= 4 is 10.0 Å². The third-order valence-electron chi connectivity index (χ3n) is 4.01. The minimum Gasteiger partial charge on any atom is -0.316 e. The summed E-state index contributed by atoms with van der Waals surface area (Å²) in [6.07, 6.45) is -3.45. The first kappa shape index (κ1) is 16.3. The third kappa shape index (κ3) is 3.95. The van der Waals surface area contributed by atoms with E-state index in [4.69, 9.17) is 4.11 Å². The van der Waals surface area contributed by atoms with Crippen LogP contribution < -0.4 is 5.32 Å². The van der Waals surface area contributed by atoms with E-state index in [9.17, 15) is 26.0 Å². The van der Waals surface area contributed by atoms with Gasteiger partial charge in [-0.3, -0.25) is 0 Å². The van der Waals surface area contributed by atoms with Crippen molar-refractivity contribution in [2.24, 2.45) is 0 Å². The van der Waals surface area contributed by atoms with Crippen LogP contribution in [0.3, 0.4) is 0 Å². The molecule has 0 aliphatic heterocycles. The van der Waals surface area contributed by atoms with Gasteiger partial charge >= 0.3 is 6.18 Å². The van der Waals surface area contributed by atoms with Crippen molar-refractivity contribution in [2.45, 2.75) is 17.6 Å². The van der Waals surface area contributed by atoms with Crippen LogP contribution in [0.15, 0.2) is 65.7 Å². The van der Waals surface area contributed by atoms with Gasteiger partial charge in [-0.15, -0.1) is 0 Å². The van der Waals surface area contributed by atoms with E-state index in [-0.39, 0.29) is 12.2 Å². The Labute approximate surface area is 163 Å². The zero-order chi connectivity index (χ0) is 23.0. The van der Waals surface area contributed by atoms with Crippen LogP contribution in [0, 0.1) is 5.82 Å². The van der Waals surface area contributed by atoms with Crippen molar-refractivity contribution in [3.8, 4) is 11.3 Å². The molecule has 0 aliphatic rings. The first-order valence-corrected chi connectivity index (χ1v) is 9.36. The average Bonchev–Trinajstić information content (AvgIpc) is 3.11. The number of benzene rings is 2. The van der Waals surface area contributed by atoms with Crippen LogP contribution in [-0.4, -0.2) is 19.4 Å². The lowest BCUT2D eigenvalue weighted by molar-refractivity contribution is -0.137. The lowest BCUT2D eigenvalue weighted by Gasteiger charge is -2.12. The Morgan fingerprint density at radius 1 is 1.07 bits per heavy atom. The Kier molecular flexibility index (Phi) is 4.31. The molecule has 1 N–H and O–H groups in total. The molecular formula is C19H16F4N2O2S. The molecule has 0 fully saturated rings. The van der Waals surface area contributed by atoms with E-state index in [1.165, 1.54) is 24.4 Å². The molecule has 1 heterocycles. The number of nitrogens with zero attached hydrogens (tertiary/aromatic N) is 1. The molecule has 0 saturated heterocycles. The van der Waals surface area contributed by atoms with Gasteiger partial charge in [0, 0.05) is 16.9 Å². The van der Waals surface area contributed by atoms with Crippen LogP contribution in [0.4, 0.5) is 17.6 Å². The smallest absolute Gasteiger partial charge is 0.316 e. The van der Waals surface area contributed by atoms with Crippen LogP contribution in [0.25, 0.3) is 11.3 Å². The first-order valence-electron chi connectivity index (χ1n) is 9.42. The van der Waals surface area contributed by atoms with Gasteiger partial charge in [0.2, 0.25) is 0 Å². The molecule has 0 atom stereocenters. The third-order valence-corrected chi connectivity index (χ3v) is 5.70. The van der Waals surface area contributed by atoms with Gasteiger partial charge in [0.05, 0.1) is 16.2 Å². The Hall–Kier alpha value is -2.65. The van der Waals surface area contributed by atoms with Gasteiger partial charge in [-0.05, 0) is 72.7 Å². The van der Waals surface area contributed by atoms with Crippen molar-refractivity contribution in [2.75, 3.05) is 6.98 Å². The van der Waals surface area contributed by atoms with E-state index < -0.39 is 39.5 Å². The molecule has 2 aromatic carbocycles. The molecule has 0 unspecified atom stereocenters. The molecule has 4 nitrogen and oxygen atoms in total. The Morgan fingerprint density at radius 2 is 1.71 bits per heavy atom. The number of halogens is 4. The number of aromatic nitrogens is 1. The summed E-state index contributed by atoms with van der Waals surface area (Å²) in [4.78, 5) is -0.394. The number of nitrogens with one attached hydrogen (secondary N) is 1. The summed E-state index contributed by atoms with van der Waals surface area (Å²) >= 11 is 0. The number of hydrogen-bond donors (Lipinski definition) is 1. The van der Waals surface area contributed by atoms with Gasteiger partial charge in [0.1, 0.15) is 5.82 Å². The van der Waals surface area contributed by atoms with E-state index >= 15 is 0 Å². The number of hydrogen-bond acceptors (Lipinski definition) is 3. The molecule has 9 heteroatoms. The second-order valence-electron chi connectivity index (χ2n) is 5.92. The van der Waals surface area contributed by atoms with Gasteiger partial charge in [-0.2, -0.15) is 13.2 Å². The quantitative estimate of drug-likeness (QED) is 0.634. The van der Waals surface area contributed by atoms with Crippen molar-refractivity contribution in [1.82, 2.24) is 9.29 Å². The topological polar surface area (TPSA) is 51.1 Å². The van der Waals surface area contributed by atoms with E-state index in [0.29, 0.717) is 23.3 Å². The number of alkyl halides is 3. The molecule has 0 bridgehead atoms. The highest BCUT2D eigenvalue weighted by Gasteiger charge is 2.31. The molecule has 0 amide bonds. The molecule has 3 rings (SSSR count). The Balaban J connectivity index is 2.08. The fraction of sp³-hybridized carbons (Fsp3) is 0.158. The number of rotatable bonds is 5. The molecule has 0 radical (unpaired) electrons. The van der Waals surface area contributed by atoms with Gasteiger partial charge in [0.15, 0.2) is 0 Å². The molecular weight excluding hydrogens is 396 g/mol. The molecule has 0 aliphatic carbocycles. The van der Waals surface area contributed by atoms with Gasteiger partial charge < -0.3 is 5.32 Å². The van der Waals surface area contributed by atoms with Crippen molar-refractivity contribution in [3.63, 3.8) is 0 Å². The van der Waals surface area contributed by atoms with Gasteiger partial charge in [0.25, 0.3) is 10.0 Å². The Morgan fingerprint density at radius 3 is 2.29 bits per heavy atom. The van der Waals surface area contributed by atoms with Crippen LogP contribution >= 0.6 is 0 Å². The highest BCUT2D eigenvalue weighted by molar-refractivity contribution is 7.90. The second kappa shape index (κ2) is 7.40. The summed E-state index contributed by atoms with van der Waals surface area (Å²) in [5, 5.41) is 2.26. The summed E-state index contributed by atoms with van der Waals surface area (Å²) in [6, 6.07) is 9.33.